The SMILES string of the molecule is [N-]=[N+]=Nc1ccc(COP(=O)(O)O)cc1. The minimum atomic E-state index is -4.44. The summed E-state index contributed by atoms with van der Waals surface area (Å²) in [6.07, 6.45) is 0. The number of phosphoric acid groups is 1. The Bertz CT molecular complexity index is 420. The molecular weight excluding hydrogens is 221 g/mol. The van der Waals surface area contributed by atoms with Crippen molar-refractivity contribution in [3.63, 3.8) is 0 Å². The number of hydrogen-bond acceptors (Lipinski definition) is 3. The molecule has 0 amide bonds. The fourth-order valence-electron chi connectivity index (χ4n) is 0.869. The molecule has 80 valence electrons. The van der Waals surface area contributed by atoms with E-state index in [0.29, 0.717) is 11.3 Å². The van der Waals surface area contributed by atoms with Crippen molar-refractivity contribution in [3.05, 3.63) is 40.3 Å². The summed E-state index contributed by atoms with van der Waals surface area (Å²) in [5.74, 6) is 0. The zero-order chi connectivity index (χ0) is 11.3. The van der Waals surface area contributed by atoms with Crippen molar-refractivity contribution in [2.24, 2.45) is 5.11 Å². The molecule has 0 aliphatic carbocycles. The first-order valence-corrected chi connectivity index (χ1v) is 5.38. The normalized spacial score (nSPS) is 10.8. The molecule has 8 heteroatoms. The Kier molecular flexibility index (Phi) is 3.85. The van der Waals surface area contributed by atoms with Gasteiger partial charge in [0.1, 0.15) is 0 Å². The molecular formula is C7H8N3O4P. The third-order valence-corrected chi connectivity index (χ3v) is 1.96. The van der Waals surface area contributed by atoms with E-state index in [4.69, 9.17) is 15.3 Å². The summed E-state index contributed by atoms with van der Waals surface area (Å²) in [6, 6.07) is 6.16. The second-order valence-corrected chi connectivity index (χ2v) is 3.86. The summed E-state index contributed by atoms with van der Waals surface area (Å²) < 4.78 is 14.7. The monoisotopic (exact) mass is 229 g/mol. The standard InChI is InChI=1S/C7H8N3O4P/c8-10-9-7-3-1-6(2-4-7)5-14-15(11,12)13/h1-4H,5H2,(H2,11,12,13). The van der Waals surface area contributed by atoms with E-state index in [1.54, 1.807) is 12.1 Å². The average Bonchev–Trinajstić information content (AvgIpc) is 2.16. The van der Waals surface area contributed by atoms with Crippen LogP contribution >= 0.6 is 7.82 Å². The number of phosphoric ester groups is 1. The molecule has 0 unspecified atom stereocenters. The van der Waals surface area contributed by atoms with Crippen LogP contribution in [0, 0.1) is 0 Å². The van der Waals surface area contributed by atoms with Crippen molar-refractivity contribution in [3.8, 4) is 0 Å². The number of benzene rings is 1. The lowest BCUT2D eigenvalue weighted by molar-refractivity contribution is 0.189. The van der Waals surface area contributed by atoms with Crippen molar-refractivity contribution in [1.82, 2.24) is 0 Å². The summed E-state index contributed by atoms with van der Waals surface area (Å²) >= 11 is 0. The summed E-state index contributed by atoms with van der Waals surface area (Å²) in [4.78, 5) is 19.5. The van der Waals surface area contributed by atoms with Crippen molar-refractivity contribution in [1.29, 1.82) is 0 Å². The Morgan fingerprint density at radius 3 is 2.47 bits per heavy atom. The van der Waals surface area contributed by atoms with E-state index in [9.17, 15) is 4.57 Å². The van der Waals surface area contributed by atoms with Crippen LogP contribution in [0.1, 0.15) is 5.56 Å². The van der Waals surface area contributed by atoms with Crippen molar-refractivity contribution in [2.45, 2.75) is 6.61 Å². The van der Waals surface area contributed by atoms with E-state index < -0.39 is 7.82 Å². The van der Waals surface area contributed by atoms with Gasteiger partial charge in [0.15, 0.2) is 0 Å². The van der Waals surface area contributed by atoms with E-state index in [1.165, 1.54) is 12.1 Å². The van der Waals surface area contributed by atoms with E-state index in [1.807, 2.05) is 0 Å². The lowest BCUT2D eigenvalue weighted by Gasteiger charge is -2.04. The van der Waals surface area contributed by atoms with Gasteiger partial charge in [0, 0.05) is 10.6 Å². The molecule has 0 aliphatic heterocycles. The molecule has 0 aliphatic rings. The predicted molar refractivity (Wildman–Crippen MR) is 52.1 cm³/mol. The molecule has 0 bridgehead atoms. The van der Waals surface area contributed by atoms with Crippen LogP contribution in [-0.2, 0) is 15.7 Å². The molecule has 15 heavy (non-hydrogen) atoms. The molecule has 2 N–H and O–H groups in total. The number of azide groups is 1. The first-order valence-electron chi connectivity index (χ1n) is 3.85. The van der Waals surface area contributed by atoms with E-state index in [2.05, 4.69) is 14.5 Å². The van der Waals surface area contributed by atoms with Gasteiger partial charge < -0.3 is 9.79 Å². The topological polar surface area (TPSA) is 116 Å². The van der Waals surface area contributed by atoms with Gasteiger partial charge >= 0.3 is 7.82 Å². The van der Waals surface area contributed by atoms with Gasteiger partial charge in [0.25, 0.3) is 0 Å². The largest absolute Gasteiger partial charge is 0.469 e. The molecule has 1 aromatic carbocycles. The van der Waals surface area contributed by atoms with Crippen LogP contribution in [0.25, 0.3) is 10.4 Å². The van der Waals surface area contributed by atoms with E-state index >= 15 is 0 Å². The Morgan fingerprint density at radius 2 is 2.00 bits per heavy atom. The maximum absolute atomic E-state index is 10.4. The summed E-state index contributed by atoms with van der Waals surface area (Å²) in [5, 5.41) is 3.34. The fraction of sp³-hybridized carbons (Fsp3) is 0.143. The molecule has 0 heterocycles. The highest BCUT2D eigenvalue weighted by Gasteiger charge is 2.13. The fourth-order valence-corrected chi connectivity index (χ4v) is 1.19. The van der Waals surface area contributed by atoms with Gasteiger partial charge in [-0.1, -0.05) is 29.4 Å². The van der Waals surface area contributed by atoms with Crippen LogP contribution in [0.4, 0.5) is 5.69 Å². The highest BCUT2D eigenvalue weighted by molar-refractivity contribution is 7.46. The van der Waals surface area contributed by atoms with Crippen molar-refractivity contribution in [2.75, 3.05) is 0 Å². The molecule has 0 saturated carbocycles. The second-order valence-electron chi connectivity index (χ2n) is 2.62. The Hall–Kier alpha value is -1.36. The molecule has 0 saturated heterocycles. The zero-order valence-corrected chi connectivity index (χ0v) is 8.41. The molecule has 1 rings (SSSR count). The maximum Gasteiger partial charge on any atom is 0.469 e. The summed E-state index contributed by atoms with van der Waals surface area (Å²) in [6.45, 7) is -0.194. The highest BCUT2D eigenvalue weighted by Crippen LogP contribution is 2.36. The predicted octanol–water partition coefficient (Wildman–Crippen LogP) is 2.24. The number of rotatable bonds is 4. The maximum atomic E-state index is 10.4. The number of nitrogens with zero attached hydrogens (tertiary/aromatic N) is 3. The first-order chi connectivity index (χ1) is 7.01. The lowest BCUT2D eigenvalue weighted by atomic mass is 10.2. The van der Waals surface area contributed by atoms with Crippen LogP contribution in [0.2, 0.25) is 0 Å². The summed E-state index contributed by atoms with van der Waals surface area (Å²) in [7, 11) is -4.44. The molecule has 0 atom stereocenters. The zero-order valence-electron chi connectivity index (χ0n) is 7.52. The summed E-state index contributed by atoms with van der Waals surface area (Å²) in [5.41, 5.74) is 9.14. The van der Waals surface area contributed by atoms with Crippen molar-refractivity contribution < 1.29 is 18.9 Å². The average molecular weight is 229 g/mol. The minimum Gasteiger partial charge on any atom is -0.303 e. The molecule has 0 fully saturated rings. The Morgan fingerprint density at radius 1 is 1.40 bits per heavy atom. The quantitative estimate of drug-likeness (QED) is 0.356. The minimum absolute atomic E-state index is 0.194. The number of hydrogen-bond donors (Lipinski definition) is 2. The third-order valence-electron chi connectivity index (χ3n) is 1.50. The molecule has 0 aromatic heterocycles. The second kappa shape index (κ2) is 4.93. The van der Waals surface area contributed by atoms with Crippen LogP contribution < -0.4 is 0 Å². The Labute approximate surface area is 85.2 Å². The molecule has 1 aromatic rings. The van der Waals surface area contributed by atoms with Gasteiger partial charge in [-0.15, -0.1) is 0 Å². The first kappa shape index (κ1) is 11.7. The molecule has 0 radical (unpaired) electrons. The van der Waals surface area contributed by atoms with Gasteiger partial charge in [-0.2, -0.15) is 0 Å². The van der Waals surface area contributed by atoms with Gasteiger partial charge in [-0.3, -0.25) is 4.52 Å². The molecule has 7 nitrogen and oxygen atoms in total. The third kappa shape index (κ3) is 4.60. The van der Waals surface area contributed by atoms with Crippen LogP contribution in [0.15, 0.2) is 29.4 Å². The van der Waals surface area contributed by atoms with Gasteiger partial charge in [0.05, 0.1) is 6.61 Å². The van der Waals surface area contributed by atoms with E-state index in [0.717, 1.165) is 0 Å². The highest BCUT2D eigenvalue weighted by atomic mass is 31.2. The van der Waals surface area contributed by atoms with Crippen molar-refractivity contribution >= 4 is 13.5 Å². The Balaban J connectivity index is 2.65. The smallest absolute Gasteiger partial charge is 0.303 e. The van der Waals surface area contributed by atoms with E-state index in [-0.39, 0.29) is 6.61 Å². The van der Waals surface area contributed by atoms with Gasteiger partial charge in [0.2, 0.25) is 0 Å². The van der Waals surface area contributed by atoms with Crippen LogP contribution in [0.5, 0.6) is 0 Å². The van der Waals surface area contributed by atoms with Gasteiger partial charge in [-0.05, 0) is 11.1 Å². The van der Waals surface area contributed by atoms with Crippen LogP contribution in [0.3, 0.4) is 0 Å². The lowest BCUT2D eigenvalue weighted by Crippen LogP contribution is -1.89. The molecule has 0 spiro atoms. The van der Waals surface area contributed by atoms with Gasteiger partial charge in [-0.25, -0.2) is 4.57 Å². The van der Waals surface area contributed by atoms with Crippen LogP contribution in [-0.4, -0.2) is 9.79 Å².